The van der Waals surface area contributed by atoms with E-state index in [9.17, 15) is 12.8 Å². The SMILES string of the molecule is COc1c(N)cc(S(=O)(=O)N2CCC=C(C)C2)cc1F. The number of anilines is 1. The van der Waals surface area contributed by atoms with Gasteiger partial charge in [-0.3, -0.25) is 0 Å². The van der Waals surface area contributed by atoms with Crippen LogP contribution in [0.2, 0.25) is 0 Å². The number of sulfonamides is 1. The molecule has 0 unspecified atom stereocenters. The van der Waals surface area contributed by atoms with E-state index in [1.807, 2.05) is 13.0 Å². The number of nitrogen functional groups attached to an aromatic ring is 1. The van der Waals surface area contributed by atoms with Crippen molar-refractivity contribution in [1.29, 1.82) is 0 Å². The predicted molar refractivity (Wildman–Crippen MR) is 74.5 cm³/mol. The lowest BCUT2D eigenvalue weighted by molar-refractivity contribution is 0.387. The zero-order valence-electron chi connectivity index (χ0n) is 11.4. The van der Waals surface area contributed by atoms with Crippen LogP contribution in [-0.4, -0.2) is 32.9 Å². The molecule has 0 aliphatic carbocycles. The highest BCUT2D eigenvalue weighted by atomic mass is 32.2. The van der Waals surface area contributed by atoms with Gasteiger partial charge in [0.25, 0.3) is 0 Å². The number of benzene rings is 1. The highest BCUT2D eigenvalue weighted by Gasteiger charge is 2.27. The predicted octanol–water partition coefficient (Wildman–Crippen LogP) is 1.76. The molecule has 1 aliphatic heterocycles. The van der Waals surface area contributed by atoms with Crippen LogP contribution in [0, 0.1) is 5.82 Å². The topological polar surface area (TPSA) is 72.6 Å². The first-order valence-corrected chi connectivity index (χ1v) is 7.59. The Morgan fingerprint density at radius 2 is 2.10 bits per heavy atom. The fraction of sp³-hybridized carbons (Fsp3) is 0.385. The van der Waals surface area contributed by atoms with Crippen LogP contribution in [0.1, 0.15) is 13.3 Å². The van der Waals surface area contributed by atoms with E-state index in [2.05, 4.69) is 0 Å². The Labute approximate surface area is 117 Å². The lowest BCUT2D eigenvalue weighted by Crippen LogP contribution is -2.35. The average Bonchev–Trinajstić information content (AvgIpc) is 2.38. The largest absolute Gasteiger partial charge is 0.492 e. The second-order valence-corrected chi connectivity index (χ2v) is 6.64. The Hall–Kier alpha value is -1.60. The van der Waals surface area contributed by atoms with Crippen molar-refractivity contribution in [3.8, 4) is 5.75 Å². The van der Waals surface area contributed by atoms with Crippen LogP contribution in [0.3, 0.4) is 0 Å². The maximum atomic E-state index is 13.8. The molecule has 0 amide bonds. The molecule has 1 aromatic carbocycles. The van der Waals surface area contributed by atoms with Crippen molar-refractivity contribution in [1.82, 2.24) is 4.31 Å². The Balaban J connectivity index is 2.42. The Bertz CT molecular complexity index is 633. The molecule has 0 bridgehead atoms. The molecule has 5 nitrogen and oxygen atoms in total. The molecule has 1 heterocycles. The van der Waals surface area contributed by atoms with Gasteiger partial charge in [-0.15, -0.1) is 0 Å². The smallest absolute Gasteiger partial charge is 0.243 e. The van der Waals surface area contributed by atoms with Crippen LogP contribution in [-0.2, 0) is 10.0 Å². The molecule has 0 saturated carbocycles. The van der Waals surface area contributed by atoms with Gasteiger partial charge in [0.2, 0.25) is 10.0 Å². The van der Waals surface area contributed by atoms with Gasteiger partial charge in [0, 0.05) is 13.1 Å². The van der Waals surface area contributed by atoms with Gasteiger partial charge in [-0.2, -0.15) is 4.31 Å². The third kappa shape index (κ3) is 2.64. The molecule has 2 rings (SSSR count). The molecular weight excluding hydrogens is 283 g/mol. The van der Waals surface area contributed by atoms with Crippen molar-refractivity contribution in [3.63, 3.8) is 0 Å². The van der Waals surface area contributed by atoms with Crippen LogP contribution in [0.5, 0.6) is 5.75 Å². The molecule has 20 heavy (non-hydrogen) atoms. The molecule has 0 fully saturated rings. The Morgan fingerprint density at radius 3 is 2.65 bits per heavy atom. The van der Waals surface area contributed by atoms with E-state index in [-0.39, 0.29) is 16.3 Å². The third-order valence-corrected chi connectivity index (χ3v) is 5.01. The van der Waals surface area contributed by atoms with Crippen LogP contribution in [0.15, 0.2) is 28.7 Å². The molecular formula is C13H17FN2O3S. The Morgan fingerprint density at radius 1 is 1.40 bits per heavy atom. The zero-order chi connectivity index (χ0) is 14.9. The lowest BCUT2D eigenvalue weighted by atomic mass is 10.2. The summed E-state index contributed by atoms with van der Waals surface area (Å²) in [6.45, 7) is 2.56. The number of halogens is 1. The summed E-state index contributed by atoms with van der Waals surface area (Å²) in [4.78, 5) is -0.150. The number of nitrogens with two attached hydrogens (primary N) is 1. The third-order valence-electron chi connectivity index (χ3n) is 3.18. The average molecular weight is 300 g/mol. The second-order valence-electron chi connectivity index (χ2n) is 4.71. The standard InChI is InChI=1S/C13H17FN2O3S/c1-9-4-3-5-16(8-9)20(17,18)10-6-11(14)13(19-2)12(15)7-10/h4,6-7H,3,5,8,15H2,1-2H3. The number of methoxy groups -OCH3 is 1. The molecule has 0 radical (unpaired) electrons. The molecule has 0 saturated heterocycles. The van der Waals surface area contributed by atoms with Gasteiger partial charge >= 0.3 is 0 Å². The minimum atomic E-state index is -3.75. The fourth-order valence-corrected chi connectivity index (χ4v) is 3.73. The maximum absolute atomic E-state index is 13.8. The maximum Gasteiger partial charge on any atom is 0.243 e. The van der Waals surface area contributed by atoms with Crippen molar-refractivity contribution in [2.24, 2.45) is 0 Å². The van der Waals surface area contributed by atoms with Gasteiger partial charge in [-0.25, -0.2) is 12.8 Å². The summed E-state index contributed by atoms with van der Waals surface area (Å²) in [5, 5.41) is 0. The van der Waals surface area contributed by atoms with E-state index < -0.39 is 15.8 Å². The first-order chi connectivity index (χ1) is 9.36. The van der Waals surface area contributed by atoms with E-state index in [0.29, 0.717) is 19.5 Å². The van der Waals surface area contributed by atoms with Crippen LogP contribution < -0.4 is 10.5 Å². The summed E-state index contributed by atoms with van der Waals surface area (Å²) < 4.78 is 44.8. The van der Waals surface area contributed by atoms with Gasteiger partial charge in [0.15, 0.2) is 11.6 Å². The van der Waals surface area contributed by atoms with Crippen molar-refractivity contribution in [3.05, 3.63) is 29.6 Å². The lowest BCUT2D eigenvalue weighted by Gasteiger charge is -2.25. The van der Waals surface area contributed by atoms with Crippen molar-refractivity contribution in [2.45, 2.75) is 18.2 Å². The summed E-state index contributed by atoms with van der Waals surface area (Å²) in [5.41, 5.74) is 6.57. The summed E-state index contributed by atoms with van der Waals surface area (Å²) in [6.07, 6.45) is 2.65. The molecule has 1 aromatic rings. The van der Waals surface area contributed by atoms with Gasteiger partial charge in [-0.1, -0.05) is 11.6 Å². The quantitative estimate of drug-likeness (QED) is 0.682. The van der Waals surface area contributed by atoms with Crippen molar-refractivity contribution in [2.75, 3.05) is 25.9 Å². The van der Waals surface area contributed by atoms with Crippen molar-refractivity contribution >= 4 is 15.7 Å². The van der Waals surface area contributed by atoms with E-state index in [4.69, 9.17) is 10.5 Å². The summed E-state index contributed by atoms with van der Waals surface area (Å²) in [6, 6.07) is 2.17. The first-order valence-electron chi connectivity index (χ1n) is 6.15. The first kappa shape index (κ1) is 14.8. The molecule has 1 aliphatic rings. The van der Waals surface area contributed by atoms with E-state index in [1.165, 1.54) is 17.5 Å². The zero-order valence-corrected chi connectivity index (χ0v) is 12.2. The minimum absolute atomic E-state index is 0.0321. The fourth-order valence-electron chi connectivity index (χ4n) is 2.18. The number of hydrogen-bond acceptors (Lipinski definition) is 4. The summed E-state index contributed by atoms with van der Waals surface area (Å²) in [5.74, 6) is -0.922. The van der Waals surface area contributed by atoms with Crippen molar-refractivity contribution < 1.29 is 17.5 Å². The highest BCUT2D eigenvalue weighted by molar-refractivity contribution is 7.89. The molecule has 0 aromatic heterocycles. The molecule has 7 heteroatoms. The monoisotopic (exact) mass is 300 g/mol. The van der Waals surface area contributed by atoms with Gasteiger partial charge < -0.3 is 10.5 Å². The molecule has 110 valence electrons. The number of ether oxygens (including phenoxy) is 1. The second kappa shape index (κ2) is 5.41. The van der Waals surface area contributed by atoms with Crippen LogP contribution in [0.4, 0.5) is 10.1 Å². The molecule has 0 atom stereocenters. The van der Waals surface area contributed by atoms with Gasteiger partial charge in [0.1, 0.15) is 0 Å². The van der Waals surface area contributed by atoms with Gasteiger partial charge in [0.05, 0.1) is 17.7 Å². The van der Waals surface area contributed by atoms with E-state index in [1.54, 1.807) is 0 Å². The number of nitrogens with zero attached hydrogens (tertiary/aromatic N) is 1. The highest BCUT2D eigenvalue weighted by Crippen LogP contribution is 2.30. The van der Waals surface area contributed by atoms with E-state index in [0.717, 1.165) is 11.6 Å². The van der Waals surface area contributed by atoms with Gasteiger partial charge in [-0.05, 0) is 25.5 Å². The van der Waals surface area contributed by atoms with E-state index >= 15 is 0 Å². The number of hydrogen-bond donors (Lipinski definition) is 1. The van der Waals surface area contributed by atoms with Crippen LogP contribution in [0.25, 0.3) is 0 Å². The van der Waals surface area contributed by atoms with Crippen LogP contribution >= 0.6 is 0 Å². The summed E-state index contributed by atoms with van der Waals surface area (Å²) >= 11 is 0. The molecule has 0 spiro atoms. The number of rotatable bonds is 3. The summed E-state index contributed by atoms with van der Waals surface area (Å²) in [7, 11) is -2.47. The molecule has 2 N–H and O–H groups in total. The Kier molecular flexibility index (Phi) is 4.01. The normalized spacial score (nSPS) is 16.9. The minimum Gasteiger partial charge on any atom is -0.492 e.